The molecule has 0 aliphatic carbocycles. The van der Waals surface area contributed by atoms with E-state index in [1.54, 1.807) is 0 Å². The van der Waals surface area contributed by atoms with Gasteiger partial charge in [-0.05, 0) is 75.6 Å². The maximum Gasteiger partial charge on any atom is 0.137 e. The fraction of sp³-hybridized carbons (Fsp3) is 0.750. The highest BCUT2D eigenvalue weighted by Gasteiger charge is 2.18. The topological polar surface area (TPSA) is 67.8 Å². The fourth-order valence-electron chi connectivity index (χ4n) is 4.67. The first-order valence-electron chi connectivity index (χ1n) is 12.1. The lowest BCUT2D eigenvalue weighted by atomic mass is 10.2. The van der Waals surface area contributed by atoms with Crippen LogP contribution in [0.25, 0.3) is 0 Å². The average molecular weight is 423 g/mol. The van der Waals surface area contributed by atoms with Crippen molar-refractivity contribution in [2.45, 2.75) is 63.6 Å². The zero-order valence-corrected chi connectivity index (χ0v) is 18.5. The zero-order valence-electron chi connectivity index (χ0n) is 18.5. The molecule has 0 spiro atoms. The summed E-state index contributed by atoms with van der Waals surface area (Å²) in [5, 5.41) is 20.6. The molecule has 2 aliphatic heterocycles. The van der Waals surface area contributed by atoms with Gasteiger partial charge in [0.15, 0.2) is 0 Å². The molecule has 170 valence electrons. The van der Waals surface area contributed by atoms with Crippen LogP contribution in [0.5, 0.6) is 11.5 Å². The van der Waals surface area contributed by atoms with Crippen LogP contribution in [0, 0.1) is 0 Å². The van der Waals surface area contributed by atoms with Crippen molar-refractivity contribution in [3.63, 3.8) is 0 Å². The largest absolute Gasteiger partial charge is 0.491 e. The van der Waals surface area contributed by atoms with E-state index < -0.39 is 12.2 Å². The third kappa shape index (κ3) is 8.80. The molecule has 3 rings (SSSR count). The molecule has 6 heteroatoms. The lowest BCUT2D eigenvalue weighted by Crippen LogP contribution is -3.13. The van der Waals surface area contributed by atoms with Gasteiger partial charge in [-0.1, -0.05) is 0 Å². The van der Waals surface area contributed by atoms with Crippen LogP contribution in [-0.2, 0) is 0 Å². The highest BCUT2D eigenvalue weighted by molar-refractivity contribution is 5.31. The third-order valence-corrected chi connectivity index (χ3v) is 6.38. The van der Waals surface area contributed by atoms with Crippen LogP contribution >= 0.6 is 0 Å². The van der Waals surface area contributed by atoms with E-state index in [9.17, 15) is 10.2 Å². The Morgan fingerprint density at radius 2 is 0.933 bits per heavy atom. The number of aliphatic hydroxyl groups excluding tert-OH is 2. The van der Waals surface area contributed by atoms with E-state index in [4.69, 9.17) is 9.47 Å². The van der Waals surface area contributed by atoms with Crippen LogP contribution in [0.3, 0.4) is 0 Å². The summed E-state index contributed by atoms with van der Waals surface area (Å²) >= 11 is 0. The quantitative estimate of drug-likeness (QED) is 0.431. The Kier molecular flexibility index (Phi) is 10.2. The second kappa shape index (κ2) is 13.2. The third-order valence-electron chi connectivity index (χ3n) is 6.38. The number of quaternary nitrogens is 2. The van der Waals surface area contributed by atoms with Gasteiger partial charge in [-0.2, -0.15) is 0 Å². The van der Waals surface area contributed by atoms with Gasteiger partial charge in [0.25, 0.3) is 0 Å². The van der Waals surface area contributed by atoms with Gasteiger partial charge in [0.2, 0.25) is 0 Å². The minimum Gasteiger partial charge on any atom is -0.491 e. The molecule has 0 radical (unpaired) electrons. The molecule has 30 heavy (non-hydrogen) atoms. The molecule has 1 aromatic rings. The Labute approximate surface area is 181 Å². The summed E-state index contributed by atoms with van der Waals surface area (Å²) in [5.41, 5.74) is 0. The number of hydrogen-bond acceptors (Lipinski definition) is 4. The predicted octanol–water partition coefficient (Wildman–Crippen LogP) is 0.0838. The number of aliphatic hydroxyl groups is 2. The molecule has 1 aromatic carbocycles. The first kappa shape index (κ1) is 23.3. The first-order chi connectivity index (χ1) is 14.7. The molecule has 0 saturated carbocycles. The predicted molar refractivity (Wildman–Crippen MR) is 118 cm³/mol. The number of hydrogen-bond donors (Lipinski definition) is 4. The van der Waals surface area contributed by atoms with Gasteiger partial charge in [0.05, 0.1) is 26.2 Å². The molecule has 0 amide bonds. The zero-order chi connectivity index (χ0) is 21.0. The summed E-state index contributed by atoms with van der Waals surface area (Å²) in [4.78, 5) is 2.99. The Morgan fingerprint density at radius 3 is 1.27 bits per heavy atom. The standard InChI is InChI=1S/C24H40N2O4/c27-21(17-25-13-5-1-2-6-14-25)19-29-23-9-11-24(12-10-23)30-20-22(28)18-26-15-7-3-4-8-16-26/h9-12,21-22,27-28H,1-8,13-20H2/p+2/t21-,22-/m1/s1. The maximum atomic E-state index is 10.3. The van der Waals surface area contributed by atoms with Gasteiger partial charge in [0, 0.05) is 0 Å². The van der Waals surface area contributed by atoms with E-state index in [0.29, 0.717) is 13.2 Å². The smallest absolute Gasteiger partial charge is 0.137 e. The maximum absolute atomic E-state index is 10.3. The van der Waals surface area contributed by atoms with Crippen molar-refractivity contribution >= 4 is 0 Å². The van der Waals surface area contributed by atoms with Gasteiger partial charge < -0.3 is 29.5 Å². The minimum atomic E-state index is -0.439. The summed E-state index contributed by atoms with van der Waals surface area (Å²) in [7, 11) is 0. The van der Waals surface area contributed by atoms with E-state index >= 15 is 0 Å². The summed E-state index contributed by atoms with van der Waals surface area (Å²) in [6, 6.07) is 7.47. The van der Waals surface area contributed by atoms with Crippen molar-refractivity contribution < 1.29 is 29.5 Å². The van der Waals surface area contributed by atoms with Gasteiger partial charge >= 0.3 is 0 Å². The van der Waals surface area contributed by atoms with Crippen molar-refractivity contribution in [2.24, 2.45) is 0 Å². The van der Waals surface area contributed by atoms with Crippen molar-refractivity contribution in [3.05, 3.63) is 24.3 Å². The van der Waals surface area contributed by atoms with Crippen LogP contribution in [-0.4, -0.2) is 74.9 Å². The Morgan fingerprint density at radius 1 is 0.600 bits per heavy atom. The van der Waals surface area contributed by atoms with Gasteiger partial charge in [-0.25, -0.2) is 0 Å². The van der Waals surface area contributed by atoms with Crippen LogP contribution in [0.4, 0.5) is 0 Å². The molecule has 6 nitrogen and oxygen atoms in total. The Balaban J connectivity index is 1.32. The Hall–Kier alpha value is -1.34. The first-order valence-corrected chi connectivity index (χ1v) is 12.1. The summed E-state index contributed by atoms with van der Waals surface area (Å²) in [5.74, 6) is 1.48. The van der Waals surface area contributed by atoms with Gasteiger partial charge in [-0.15, -0.1) is 0 Å². The highest BCUT2D eigenvalue weighted by atomic mass is 16.5. The number of nitrogens with one attached hydrogen (secondary N) is 2. The number of ether oxygens (including phenoxy) is 2. The lowest BCUT2D eigenvalue weighted by Gasteiger charge is -2.21. The molecule has 2 atom stereocenters. The monoisotopic (exact) mass is 422 g/mol. The summed E-state index contributed by atoms with van der Waals surface area (Å²) in [6.07, 6.45) is 9.45. The molecule has 0 aromatic heterocycles. The number of benzene rings is 1. The van der Waals surface area contributed by atoms with E-state index in [1.807, 2.05) is 24.3 Å². The van der Waals surface area contributed by atoms with Crippen LogP contribution in [0.2, 0.25) is 0 Å². The molecule has 2 heterocycles. The average Bonchev–Trinajstić information content (AvgIpc) is 3.16. The molecular weight excluding hydrogens is 380 g/mol. The van der Waals surface area contributed by atoms with Crippen LogP contribution in [0.15, 0.2) is 24.3 Å². The molecule has 0 bridgehead atoms. The van der Waals surface area contributed by atoms with Crippen molar-refractivity contribution in [1.29, 1.82) is 0 Å². The van der Waals surface area contributed by atoms with Crippen LogP contribution < -0.4 is 19.3 Å². The normalized spacial score (nSPS) is 21.4. The van der Waals surface area contributed by atoms with Crippen LogP contribution in [0.1, 0.15) is 51.4 Å². The fourth-order valence-corrected chi connectivity index (χ4v) is 4.67. The van der Waals surface area contributed by atoms with E-state index in [0.717, 1.165) is 50.8 Å². The molecular formula is C24H42N2O4+2. The SMILES string of the molecule is O[C@@H](COc1ccc(OC[C@H](O)C[NH+]2CCCCCC2)cc1)C[NH+]1CCCCCC1. The van der Waals surface area contributed by atoms with E-state index in [2.05, 4.69) is 0 Å². The van der Waals surface area contributed by atoms with Gasteiger partial charge in [0.1, 0.15) is 50.0 Å². The Bertz CT molecular complexity index is 516. The molecule has 2 fully saturated rings. The van der Waals surface area contributed by atoms with Gasteiger partial charge in [-0.3, -0.25) is 0 Å². The van der Waals surface area contributed by atoms with E-state index in [-0.39, 0.29) is 0 Å². The summed E-state index contributed by atoms with van der Waals surface area (Å²) in [6.45, 7) is 6.81. The lowest BCUT2D eigenvalue weighted by molar-refractivity contribution is -0.902. The van der Waals surface area contributed by atoms with Crippen molar-refractivity contribution in [3.8, 4) is 11.5 Å². The van der Waals surface area contributed by atoms with Crippen molar-refractivity contribution in [2.75, 3.05) is 52.5 Å². The molecule has 0 unspecified atom stereocenters. The number of rotatable bonds is 10. The van der Waals surface area contributed by atoms with Crippen molar-refractivity contribution in [1.82, 2.24) is 0 Å². The summed E-state index contributed by atoms with van der Waals surface area (Å²) < 4.78 is 11.5. The molecule has 2 saturated heterocycles. The number of likely N-dealkylation sites (tertiary alicyclic amines) is 2. The molecule has 4 N–H and O–H groups in total. The highest BCUT2D eigenvalue weighted by Crippen LogP contribution is 2.18. The second-order valence-electron chi connectivity index (χ2n) is 9.14. The van der Waals surface area contributed by atoms with E-state index in [1.165, 1.54) is 61.2 Å². The minimum absolute atomic E-state index is 0.320. The molecule has 2 aliphatic rings. The second-order valence-corrected chi connectivity index (χ2v) is 9.14.